The molecule has 1 aromatic rings. The van der Waals surface area contributed by atoms with Crippen LogP contribution in [-0.4, -0.2) is 58.6 Å². The van der Waals surface area contributed by atoms with Crippen molar-refractivity contribution in [2.75, 3.05) is 20.1 Å². The van der Waals surface area contributed by atoms with Crippen molar-refractivity contribution in [1.29, 1.82) is 0 Å². The van der Waals surface area contributed by atoms with Crippen LogP contribution in [-0.2, 0) is 11.8 Å². The van der Waals surface area contributed by atoms with Gasteiger partial charge in [0.05, 0.1) is 17.8 Å². The normalized spacial score (nSPS) is 43.7. The Bertz CT molecular complexity index is 672. The van der Waals surface area contributed by atoms with Crippen molar-refractivity contribution in [1.82, 2.24) is 25.1 Å². The number of carbonyl (C=O) groups is 1. The Morgan fingerprint density at radius 2 is 2.21 bits per heavy atom. The molecule has 3 aliphatic heterocycles. The number of carbonyl (C=O) groups excluding carboxylic acids is 1. The van der Waals surface area contributed by atoms with Gasteiger partial charge in [-0.3, -0.25) is 4.79 Å². The first kappa shape index (κ1) is 14.9. The minimum Gasteiger partial charge on any atom is -0.351 e. The van der Waals surface area contributed by atoms with E-state index in [4.69, 9.17) is 0 Å². The molecule has 1 saturated carbocycles. The number of imidazole rings is 1. The molecule has 5 rings (SSSR count). The Labute approximate surface area is 143 Å². The maximum Gasteiger partial charge on any atom is 0.226 e. The number of hydrogen-bond acceptors (Lipinski definition) is 4. The van der Waals surface area contributed by atoms with Crippen LogP contribution in [0, 0.1) is 11.3 Å². The molecule has 1 aliphatic carbocycles. The summed E-state index contributed by atoms with van der Waals surface area (Å²) in [5, 5.41) is 7.15. The molecule has 4 fully saturated rings. The molecule has 0 radical (unpaired) electrons. The Kier molecular flexibility index (Phi) is 3.14. The average Bonchev–Trinajstić information content (AvgIpc) is 2.80. The van der Waals surface area contributed by atoms with Gasteiger partial charge in [-0.1, -0.05) is 0 Å². The van der Waals surface area contributed by atoms with Crippen molar-refractivity contribution < 1.29 is 4.79 Å². The molecular weight excluding hydrogens is 302 g/mol. The molecule has 0 spiro atoms. The van der Waals surface area contributed by atoms with Crippen LogP contribution in [0.3, 0.4) is 0 Å². The summed E-state index contributed by atoms with van der Waals surface area (Å²) in [6.45, 7) is 1.90. The van der Waals surface area contributed by atoms with Crippen molar-refractivity contribution in [2.24, 2.45) is 18.4 Å². The van der Waals surface area contributed by atoms with Crippen molar-refractivity contribution in [3.05, 3.63) is 18.2 Å². The predicted octanol–water partition coefficient (Wildman–Crippen LogP) is 0.465. The summed E-state index contributed by atoms with van der Waals surface area (Å²) in [5.74, 6) is 1.22. The molecule has 3 saturated heterocycles. The van der Waals surface area contributed by atoms with Gasteiger partial charge in [0.15, 0.2) is 0 Å². The fraction of sp³-hybridized carbons (Fsp3) is 0.778. The number of hydrogen-bond donors (Lipinski definition) is 2. The molecule has 2 N–H and O–H groups in total. The molecule has 24 heavy (non-hydrogen) atoms. The summed E-state index contributed by atoms with van der Waals surface area (Å²) < 4.78 is 2.09. The third kappa shape index (κ3) is 2.09. The highest BCUT2D eigenvalue weighted by Crippen LogP contribution is 2.63. The number of aryl methyl sites for hydroxylation is 1. The minimum absolute atomic E-state index is 0.0603. The molecule has 6 atom stereocenters. The summed E-state index contributed by atoms with van der Waals surface area (Å²) in [4.78, 5) is 19.7. The number of aromatic nitrogens is 2. The summed E-state index contributed by atoms with van der Waals surface area (Å²) >= 11 is 0. The van der Waals surface area contributed by atoms with Crippen LogP contribution in [0.1, 0.15) is 37.3 Å². The maximum absolute atomic E-state index is 13.2. The summed E-state index contributed by atoms with van der Waals surface area (Å²) in [6.07, 6.45) is 8.44. The number of rotatable bonds is 3. The van der Waals surface area contributed by atoms with E-state index in [1.807, 2.05) is 19.6 Å². The Morgan fingerprint density at radius 1 is 1.33 bits per heavy atom. The largest absolute Gasteiger partial charge is 0.351 e. The van der Waals surface area contributed by atoms with Gasteiger partial charge >= 0.3 is 0 Å². The number of nitrogens with zero attached hydrogens (tertiary/aromatic N) is 3. The van der Waals surface area contributed by atoms with E-state index in [9.17, 15) is 4.79 Å². The Balaban J connectivity index is 1.34. The molecule has 1 amide bonds. The van der Waals surface area contributed by atoms with Crippen molar-refractivity contribution in [3.63, 3.8) is 0 Å². The van der Waals surface area contributed by atoms with Gasteiger partial charge in [0.1, 0.15) is 0 Å². The molecule has 6 heteroatoms. The van der Waals surface area contributed by atoms with E-state index < -0.39 is 0 Å². The van der Waals surface area contributed by atoms with Crippen molar-refractivity contribution in [2.45, 2.75) is 49.7 Å². The summed E-state index contributed by atoms with van der Waals surface area (Å²) in [6, 6.07) is 1.35. The summed E-state index contributed by atoms with van der Waals surface area (Å²) in [7, 11) is 4.18. The van der Waals surface area contributed by atoms with E-state index in [0.717, 1.165) is 25.9 Å². The lowest BCUT2D eigenvalue weighted by molar-refractivity contribution is -0.128. The molecule has 130 valence electrons. The third-order valence-electron chi connectivity index (χ3n) is 7.01. The van der Waals surface area contributed by atoms with Crippen LogP contribution >= 0.6 is 0 Å². The highest BCUT2D eigenvalue weighted by atomic mass is 16.2. The zero-order valence-electron chi connectivity index (χ0n) is 14.5. The molecule has 4 heterocycles. The number of likely N-dealkylation sites (N-methyl/N-ethyl adjacent to an activating group) is 1. The smallest absolute Gasteiger partial charge is 0.226 e. The van der Waals surface area contributed by atoms with E-state index in [1.54, 1.807) is 0 Å². The Hall–Kier alpha value is -1.40. The van der Waals surface area contributed by atoms with Crippen LogP contribution in [0.25, 0.3) is 0 Å². The van der Waals surface area contributed by atoms with Crippen molar-refractivity contribution in [3.8, 4) is 0 Å². The molecule has 0 unspecified atom stereocenters. The fourth-order valence-corrected chi connectivity index (χ4v) is 5.70. The van der Waals surface area contributed by atoms with E-state index >= 15 is 0 Å². The molecular formula is C18H27N5O. The van der Waals surface area contributed by atoms with E-state index in [0.29, 0.717) is 29.8 Å². The van der Waals surface area contributed by atoms with Crippen LogP contribution in [0.5, 0.6) is 0 Å². The van der Waals surface area contributed by atoms with Crippen LogP contribution in [0.4, 0.5) is 0 Å². The zero-order chi connectivity index (χ0) is 16.5. The second-order valence-corrected chi connectivity index (χ2v) is 8.56. The Morgan fingerprint density at radius 3 is 3.00 bits per heavy atom. The quantitative estimate of drug-likeness (QED) is 0.846. The van der Waals surface area contributed by atoms with Gasteiger partial charge in [0.25, 0.3) is 0 Å². The van der Waals surface area contributed by atoms with Crippen LogP contribution < -0.4 is 10.6 Å². The lowest BCUT2D eigenvalue weighted by Gasteiger charge is -2.30. The molecule has 0 aromatic carbocycles. The highest BCUT2D eigenvalue weighted by molar-refractivity contribution is 5.87. The van der Waals surface area contributed by atoms with Gasteiger partial charge in [-0.15, -0.1) is 0 Å². The first-order chi connectivity index (χ1) is 11.6. The van der Waals surface area contributed by atoms with Gasteiger partial charge in [0.2, 0.25) is 5.91 Å². The third-order valence-corrected chi connectivity index (χ3v) is 7.01. The average molecular weight is 329 g/mol. The van der Waals surface area contributed by atoms with Gasteiger partial charge in [0, 0.05) is 50.0 Å². The molecule has 2 bridgehead atoms. The zero-order valence-corrected chi connectivity index (χ0v) is 14.5. The predicted molar refractivity (Wildman–Crippen MR) is 90.5 cm³/mol. The van der Waals surface area contributed by atoms with Crippen LogP contribution in [0.2, 0.25) is 0 Å². The van der Waals surface area contributed by atoms with E-state index in [2.05, 4.69) is 32.1 Å². The highest BCUT2D eigenvalue weighted by Gasteiger charge is 2.67. The number of amides is 1. The van der Waals surface area contributed by atoms with E-state index in [1.165, 1.54) is 18.5 Å². The number of fused-ring (bicyclic) bond motifs is 4. The lowest BCUT2D eigenvalue weighted by atomic mass is 9.89. The molecule has 1 aromatic heterocycles. The maximum atomic E-state index is 13.2. The van der Waals surface area contributed by atoms with Crippen LogP contribution in [0.15, 0.2) is 12.5 Å². The second-order valence-electron chi connectivity index (χ2n) is 8.56. The van der Waals surface area contributed by atoms with Gasteiger partial charge in [-0.2, -0.15) is 0 Å². The number of nitrogens with one attached hydrogen (secondary N) is 2. The summed E-state index contributed by atoms with van der Waals surface area (Å²) in [5.41, 5.74) is 1.16. The first-order valence-corrected chi connectivity index (χ1v) is 9.28. The molecule has 4 aliphatic rings. The van der Waals surface area contributed by atoms with Crippen molar-refractivity contribution >= 4 is 5.91 Å². The lowest BCUT2D eigenvalue weighted by Crippen LogP contribution is -2.49. The standard InChI is InChI=1S/C18H27N5O/c1-22-8-12(16-7-19-10-23(16)2)15(9-22)21-17(24)18-5-11-3-4-14(20-11)13(18)6-18/h7,10-15,20H,3-6,8-9H2,1-2H3,(H,21,24)/t11-,12-,13+,14+,15-,18-/m1/s1. The SMILES string of the molecule is CN1C[C@@H](NC(=O)[C@@]23C[C@H]4CC[C@H](N4)[C@@H]2C3)[C@H](c2cncn2C)C1. The van der Waals surface area contributed by atoms with Gasteiger partial charge < -0.3 is 20.1 Å². The van der Waals surface area contributed by atoms with Gasteiger partial charge in [-0.05, 0) is 38.6 Å². The monoisotopic (exact) mass is 329 g/mol. The second kappa shape index (κ2) is 5.05. The first-order valence-electron chi connectivity index (χ1n) is 9.28. The number of piperidine rings is 1. The fourth-order valence-electron chi connectivity index (χ4n) is 5.70. The van der Waals surface area contributed by atoms with E-state index in [-0.39, 0.29) is 11.5 Å². The van der Waals surface area contributed by atoms with Gasteiger partial charge in [-0.25, -0.2) is 4.98 Å². The molecule has 6 nitrogen and oxygen atoms in total. The number of likely N-dealkylation sites (tertiary alicyclic amines) is 1. The minimum atomic E-state index is -0.0603. The topological polar surface area (TPSA) is 62.2 Å².